The van der Waals surface area contributed by atoms with Crippen LogP contribution in [-0.2, 0) is 25.6 Å². The Morgan fingerprint density at radius 1 is 1.06 bits per heavy atom. The molecule has 172 valence electrons. The van der Waals surface area contributed by atoms with Crippen LogP contribution in [0.15, 0.2) is 30.6 Å². The number of amides is 2. The Hall–Kier alpha value is -4.13. The number of aryl methyl sites for hydroxylation is 1. The van der Waals surface area contributed by atoms with Crippen molar-refractivity contribution in [1.29, 1.82) is 0 Å². The van der Waals surface area contributed by atoms with E-state index < -0.39 is 30.4 Å². The molecule has 2 amide bonds. The van der Waals surface area contributed by atoms with Crippen molar-refractivity contribution in [2.45, 2.75) is 20.4 Å². The minimum Gasteiger partial charge on any atom is -0.465 e. The molecule has 1 aromatic carbocycles. The van der Waals surface area contributed by atoms with E-state index >= 15 is 0 Å². The summed E-state index contributed by atoms with van der Waals surface area (Å²) in [6.07, 6.45) is 1.28. The number of methoxy groups -OCH3 is 1. The highest BCUT2D eigenvalue weighted by atomic mass is 32.1. The van der Waals surface area contributed by atoms with Gasteiger partial charge in [-0.05, 0) is 42.0 Å². The summed E-state index contributed by atoms with van der Waals surface area (Å²) in [5.74, 6) is -2.47. The Labute approximate surface area is 191 Å². The second-order valence-corrected chi connectivity index (χ2v) is 7.93. The number of benzene rings is 1. The number of carbonyl (C=O) groups excluding carboxylic acids is 4. The van der Waals surface area contributed by atoms with Crippen molar-refractivity contribution in [3.05, 3.63) is 52.2 Å². The first-order chi connectivity index (χ1) is 15.8. The Balaban J connectivity index is 1.62. The maximum Gasteiger partial charge on any atom is 0.341 e. The number of para-hydroxylation sites is 1. The topological polar surface area (TPSA) is 154 Å². The summed E-state index contributed by atoms with van der Waals surface area (Å²) < 4.78 is 11.1. The van der Waals surface area contributed by atoms with Crippen LogP contribution in [-0.4, -0.2) is 57.7 Å². The average Bonchev–Trinajstić information content (AvgIpc) is 3.39. The van der Waals surface area contributed by atoms with Gasteiger partial charge in [0.05, 0.1) is 23.9 Å². The molecule has 3 aromatic rings. The second-order valence-electron chi connectivity index (χ2n) is 6.70. The lowest BCUT2D eigenvalue weighted by Crippen LogP contribution is -2.23. The van der Waals surface area contributed by atoms with Crippen molar-refractivity contribution >= 4 is 45.8 Å². The molecule has 0 aliphatic carbocycles. The lowest BCUT2D eigenvalue weighted by molar-refractivity contribution is -0.119. The third-order valence-electron chi connectivity index (χ3n) is 4.48. The fourth-order valence-electron chi connectivity index (χ4n) is 2.79. The zero-order valence-corrected chi connectivity index (χ0v) is 18.8. The zero-order chi connectivity index (χ0) is 24.0. The first-order valence-corrected chi connectivity index (χ1v) is 10.4. The summed E-state index contributed by atoms with van der Waals surface area (Å²) in [6, 6.07) is 6.20. The molecule has 2 heterocycles. The van der Waals surface area contributed by atoms with Crippen LogP contribution in [0.5, 0.6) is 0 Å². The maximum absolute atomic E-state index is 12.5. The zero-order valence-electron chi connectivity index (χ0n) is 17.9. The largest absolute Gasteiger partial charge is 0.465 e. The standard InChI is InChI=1S/C20H20N6O6S/c1-11-12(2)33-18(17(11)20(30)31-3)23-16(28)9-32-19(29)13-6-4-5-7-14(13)22-15(27)8-26-10-21-24-25-26/h4-7,10H,8-9H2,1-3H3,(H,22,27)(H,23,28). The van der Waals surface area contributed by atoms with Crippen LogP contribution in [0.25, 0.3) is 0 Å². The number of tetrazole rings is 1. The van der Waals surface area contributed by atoms with E-state index in [4.69, 9.17) is 9.47 Å². The van der Waals surface area contributed by atoms with E-state index in [1.165, 1.54) is 41.6 Å². The molecule has 0 spiro atoms. The van der Waals surface area contributed by atoms with Crippen molar-refractivity contribution in [2.75, 3.05) is 24.4 Å². The molecule has 13 heteroatoms. The third kappa shape index (κ3) is 5.77. The Morgan fingerprint density at radius 2 is 1.82 bits per heavy atom. The van der Waals surface area contributed by atoms with Crippen molar-refractivity contribution in [3.63, 3.8) is 0 Å². The van der Waals surface area contributed by atoms with Gasteiger partial charge in [0, 0.05) is 4.88 Å². The van der Waals surface area contributed by atoms with Crippen molar-refractivity contribution < 1.29 is 28.7 Å². The summed E-state index contributed by atoms with van der Waals surface area (Å²) >= 11 is 1.22. The van der Waals surface area contributed by atoms with Gasteiger partial charge in [-0.15, -0.1) is 16.4 Å². The van der Waals surface area contributed by atoms with Gasteiger partial charge in [-0.1, -0.05) is 12.1 Å². The number of hydrogen-bond acceptors (Lipinski definition) is 10. The van der Waals surface area contributed by atoms with E-state index in [9.17, 15) is 19.2 Å². The van der Waals surface area contributed by atoms with Gasteiger partial charge in [0.15, 0.2) is 6.61 Å². The lowest BCUT2D eigenvalue weighted by atomic mass is 10.1. The molecule has 0 saturated heterocycles. The number of ether oxygens (including phenoxy) is 2. The highest BCUT2D eigenvalue weighted by Gasteiger charge is 2.22. The van der Waals surface area contributed by atoms with Crippen LogP contribution in [0, 0.1) is 13.8 Å². The Kier molecular flexibility index (Phi) is 7.46. The highest BCUT2D eigenvalue weighted by molar-refractivity contribution is 7.16. The van der Waals surface area contributed by atoms with Gasteiger partial charge in [-0.25, -0.2) is 14.3 Å². The van der Waals surface area contributed by atoms with E-state index in [1.807, 2.05) is 6.92 Å². The van der Waals surface area contributed by atoms with Crippen LogP contribution >= 0.6 is 11.3 Å². The summed E-state index contributed by atoms with van der Waals surface area (Å²) in [5, 5.41) is 16.0. The van der Waals surface area contributed by atoms with Gasteiger partial charge >= 0.3 is 11.9 Å². The molecule has 2 aromatic heterocycles. The van der Waals surface area contributed by atoms with Gasteiger partial charge in [0.25, 0.3) is 5.91 Å². The minimum atomic E-state index is -0.810. The van der Waals surface area contributed by atoms with Crippen LogP contribution in [0.4, 0.5) is 10.7 Å². The summed E-state index contributed by atoms with van der Waals surface area (Å²) in [7, 11) is 1.25. The monoisotopic (exact) mass is 472 g/mol. The third-order valence-corrected chi connectivity index (χ3v) is 5.60. The molecule has 0 bridgehead atoms. The molecule has 3 rings (SSSR count). The van der Waals surface area contributed by atoms with Crippen LogP contribution in [0.2, 0.25) is 0 Å². The normalized spacial score (nSPS) is 10.4. The number of rotatable bonds is 8. The molecule has 0 unspecified atom stereocenters. The van der Waals surface area contributed by atoms with E-state index in [2.05, 4.69) is 26.2 Å². The molecule has 0 aliphatic rings. The quantitative estimate of drug-likeness (QED) is 0.465. The van der Waals surface area contributed by atoms with E-state index in [-0.39, 0.29) is 23.4 Å². The number of hydrogen-bond donors (Lipinski definition) is 2. The average molecular weight is 472 g/mol. The van der Waals surface area contributed by atoms with Crippen molar-refractivity contribution in [2.24, 2.45) is 0 Å². The smallest absolute Gasteiger partial charge is 0.341 e. The number of carbonyl (C=O) groups is 4. The molecule has 0 atom stereocenters. The molecule has 0 fully saturated rings. The van der Waals surface area contributed by atoms with Crippen molar-refractivity contribution in [3.8, 4) is 0 Å². The Bertz CT molecular complexity index is 1190. The van der Waals surface area contributed by atoms with Gasteiger partial charge in [-0.3, -0.25) is 9.59 Å². The maximum atomic E-state index is 12.5. The van der Waals surface area contributed by atoms with Gasteiger partial charge in [0.1, 0.15) is 17.9 Å². The lowest BCUT2D eigenvalue weighted by Gasteiger charge is -2.11. The number of nitrogens with zero attached hydrogens (tertiary/aromatic N) is 4. The number of thiophene rings is 1. The molecular formula is C20H20N6O6S. The number of esters is 2. The van der Waals surface area contributed by atoms with E-state index in [0.29, 0.717) is 10.6 Å². The minimum absolute atomic E-state index is 0.0634. The van der Waals surface area contributed by atoms with Crippen molar-refractivity contribution in [1.82, 2.24) is 20.2 Å². The summed E-state index contributed by atoms with van der Waals surface area (Å²) in [5.41, 5.74) is 1.23. The Morgan fingerprint density at radius 3 is 2.52 bits per heavy atom. The van der Waals surface area contributed by atoms with E-state index in [0.717, 1.165) is 4.88 Å². The van der Waals surface area contributed by atoms with Crippen LogP contribution in [0.3, 0.4) is 0 Å². The molecule has 0 saturated carbocycles. The summed E-state index contributed by atoms with van der Waals surface area (Å²) in [4.78, 5) is 49.9. The molecule has 12 nitrogen and oxygen atoms in total. The molecular weight excluding hydrogens is 452 g/mol. The number of anilines is 2. The molecule has 33 heavy (non-hydrogen) atoms. The highest BCUT2D eigenvalue weighted by Crippen LogP contribution is 2.32. The fourth-order valence-corrected chi connectivity index (χ4v) is 3.86. The SMILES string of the molecule is COC(=O)c1c(NC(=O)COC(=O)c2ccccc2NC(=O)Cn2cnnn2)sc(C)c1C. The predicted octanol–water partition coefficient (Wildman–Crippen LogP) is 1.57. The van der Waals surface area contributed by atoms with Gasteiger partial charge in [0.2, 0.25) is 5.91 Å². The number of aromatic nitrogens is 4. The number of nitrogens with one attached hydrogen (secondary N) is 2. The first-order valence-electron chi connectivity index (χ1n) is 9.55. The predicted molar refractivity (Wildman–Crippen MR) is 117 cm³/mol. The fraction of sp³-hybridized carbons (Fsp3) is 0.250. The van der Waals surface area contributed by atoms with E-state index in [1.54, 1.807) is 19.1 Å². The molecule has 0 radical (unpaired) electrons. The second kappa shape index (κ2) is 10.5. The van der Waals surface area contributed by atoms with Gasteiger partial charge in [-0.2, -0.15) is 0 Å². The molecule has 0 aliphatic heterocycles. The molecule has 2 N–H and O–H groups in total. The van der Waals surface area contributed by atoms with Crippen LogP contribution in [0.1, 0.15) is 31.2 Å². The summed E-state index contributed by atoms with van der Waals surface area (Å²) in [6.45, 7) is 2.81. The van der Waals surface area contributed by atoms with Gasteiger partial charge < -0.3 is 20.1 Å². The first kappa shape index (κ1) is 23.5. The van der Waals surface area contributed by atoms with Crippen LogP contribution < -0.4 is 10.6 Å².